The molecule has 0 aliphatic rings. The van der Waals surface area contributed by atoms with E-state index in [1.807, 2.05) is 31.3 Å². The largest absolute Gasteiger partial charge is 0.361 e. The topological polar surface area (TPSA) is 68.2 Å². The van der Waals surface area contributed by atoms with Crippen LogP contribution in [0.1, 0.15) is 11.5 Å². The van der Waals surface area contributed by atoms with Gasteiger partial charge in [0.05, 0.1) is 6.54 Å². The van der Waals surface area contributed by atoms with E-state index in [1.54, 1.807) is 4.52 Å². The van der Waals surface area contributed by atoms with Crippen molar-refractivity contribution in [3.05, 3.63) is 40.3 Å². The summed E-state index contributed by atoms with van der Waals surface area (Å²) in [4.78, 5) is 4.34. The van der Waals surface area contributed by atoms with Crippen LogP contribution in [0.4, 0.5) is 5.95 Å². The molecule has 0 aliphatic heterocycles. The molecule has 3 aromatic heterocycles. The maximum atomic E-state index is 4.99. The van der Waals surface area contributed by atoms with Crippen LogP contribution in [0.25, 0.3) is 5.65 Å². The van der Waals surface area contributed by atoms with E-state index < -0.39 is 0 Å². The highest BCUT2D eigenvalue weighted by Crippen LogP contribution is 2.12. The molecule has 0 saturated carbocycles. The summed E-state index contributed by atoms with van der Waals surface area (Å²) in [7, 11) is 0. The molecule has 3 heterocycles. The van der Waals surface area contributed by atoms with Crippen molar-refractivity contribution in [2.24, 2.45) is 0 Å². The molecule has 0 aromatic carbocycles. The average molecular weight is 308 g/mol. The van der Waals surface area contributed by atoms with Crippen molar-refractivity contribution in [3.8, 4) is 0 Å². The van der Waals surface area contributed by atoms with Crippen LogP contribution in [-0.2, 0) is 6.54 Å². The van der Waals surface area contributed by atoms with Gasteiger partial charge in [0.15, 0.2) is 5.65 Å². The van der Waals surface area contributed by atoms with Crippen molar-refractivity contribution in [3.63, 3.8) is 0 Å². The van der Waals surface area contributed by atoms with Crippen molar-refractivity contribution in [1.29, 1.82) is 0 Å². The fourth-order valence-corrected chi connectivity index (χ4v) is 1.93. The zero-order valence-corrected chi connectivity index (χ0v) is 11.2. The van der Waals surface area contributed by atoms with E-state index in [-0.39, 0.29) is 0 Å². The Morgan fingerprint density at radius 1 is 1.44 bits per heavy atom. The van der Waals surface area contributed by atoms with Crippen LogP contribution in [0.2, 0.25) is 0 Å². The highest BCUT2D eigenvalue weighted by molar-refractivity contribution is 9.10. The molecule has 92 valence electrons. The molecule has 0 aliphatic carbocycles. The Morgan fingerprint density at radius 3 is 3.11 bits per heavy atom. The van der Waals surface area contributed by atoms with Gasteiger partial charge in [0.2, 0.25) is 5.95 Å². The van der Waals surface area contributed by atoms with Gasteiger partial charge in [0.25, 0.3) is 0 Å². The van der Waals surface area contributed by atoms with Gasteiger partial charge in [-0.3, -0.25) is 0 Å². The quantitative estimate of drug-likeness (QED) is 0.804. The molecule has 0 amide bonds. The molecule has 0 bridgehead atoms. The Hall–Kier alpha value is -1.89. The van der Waals surface area contributed by atoms with E-state index in [0.717, 1.165) is 21.6 Å². The Bertz CT molecular complexity index is 690. The van der Waals surface area contributed by atoms with E-state index in [2.05, 4.69) is 36.5 Å². The molecule has 1 N–H and O–H groups in total. The molecule has 6 nitrogen and oxygen atoms in total. The van der Waals surface area contributed by atoms with Crippen LogP contribution in [0.15, 0.2) is 33.4 Å². The predicted octanol–water partition coefficient (Wildman–Crippen LogP) is 2.40. The SMILES string of the molecule is Cc1cc(CNc2nc3ccc(Br)cn3n2)no1. The molecule has 0 radical (unpaired) electrons. The van der Waals surface area contributed by atoms with Gasteiger partial charge < -0.3 is 9.84 Å². The van der Waals surface area contributed by atoms with Gasteiger partial charge in [0.1, 0.15) is 11.5 Å². The number of rotatable bonds is 3. The number of fused-ring (bicyclic) bond motifs is 1. The Morgan fingerprint density at radius 2 is 2.33 bits per heavy atom. The van der Waals surface area contributed by atoms with Gasteiger partial charge in [0, 0.05) is 16.7 Å². The summed E-state index contributed by atoms with van der Waals surface area (Å²) in [6, 6.07) is 5.69. The lowest BCUT2D eigenvalue weighted by atomic mass is 10.4. The first kappa shape index (κ1) is 11.2. The predicted molar refractivity (Wildman–Crippen MR) is 69.3 cm³/mol. The second kappa shape index (κ2) is 4.41. The van der Waals surface area contributed by atoms with Crippen molar-refractivity contribution in [2.75, 3.05) is 5.32 Å². The minimum absolute atomic E-state index is 0.537. The van der Waals surface area contributed by atoms with E-state index >= 15 is 0 Å². The number of pyridine rings is 1. The third-order valence-corrected chi connectivity index (χ3v) is 2.87. The number of nitrogens with zero attached hydrogens (tertiary/aromatic N) is 4. The first-order valence-corrected chi connectivity index (χ1v) is 6.18. The van der Waals surface area contributed by atoms with Crippen molar-refractivity contribution < 1.29 is 4.52 Å². The molecule has 3 rings (SSSR count). The Labute approximate surface area is 111 Å². The molecule has 7 heteroatoms. The summed E-state index contributed by atoms with van der Waals surface area (Å²) in [5, 5.41) is 11.3. The highest BCUT2D eigenvalue weighted by atomic mass is 79.9. The smallest absolute Gasteiger partial charge is 0.243 e. The first-order valence-electron chi connectivity index (χ1n) is 5.39. The molecule has 0 saturated heterocycles. The number of anilines is 1. The molecule has 0 unspecified atom stereocenters. The molecule has 3 aromatic rings. The van der Waals surface area contributed by atoms with Crippen molar-refractivity contribution in [2.45, 2.75) is 13.5 Å². The summed E-state index contributed by atoms with van der Waals surface area (Å²) in [5.74, 6) is 1.35. The molecule has 18 heavy (non-hydrogen) atoms. The van der Waals surface area contributed by atoms with Crippen LogP contribution >= 0.6 is 15.9 Å². The summed E-state index contributed by atoms with van der Waals surface area (Å²) < 4.78 is 7.65. The number of aromatic nitrogens is 4. The Kier molecular flexibility index (Phi) is 2.75. The lowest BCUT2D eigenvalue weighted by Gasteiger charge is -1.95. The van der Waals surface area contributed by atoms with E-state index in [0.29, 0.717) is 12.5 Å². The molecular formula is C11H10BrN5O. The minimum atomic E-state index is 0.537. The number of nitrogens with one attached hydrogen (secondary N) is 1. The van der Waals surface area contributed by atoms with Crippen LogP contribution < -0.4 is 5.32 Å². The molecular weight excluding hydrogens is 298 g/mol. The monoisotopic (exact) mass is 307 g/mol. The third kappa shape index (κ3) is 2.21. The highest BCUT2D eigenvalue weighted by Gasteiger charge is 2.05. The first-order chi connectivity index (χ1) is 8.70. The average Bonchev–Trinajstić information content (AvgIpc) is 2.92. The number of halogens is 1. The number of hydrogen-bond donors (Lipinski definition) is 1. The second-order valence-electron chi connectivity index (χ2n) is 3.87. The van der Waals surface area contributed by atoms with Gasteiger partial charge >= 0.3 is 0 Å². The maximum Gasteiger partial charge on any atom is 0.243 e. The van der Waals surface area contributed by atoms with Crippen LogP contribution in [-0.4, -0.2) is 19.8 Å². The van der Waals surface area contributed by atoms with Crippen molar-refractivity contribution in [1.82, 2.24) is 19.8 Å². The number of aryl methyl sites for hydroxylation is 1. The Balaban J connectivity index is 1.78. The van der Waals surface area contributed by atoms with Gasteiger partial charge in [-0.05, 0) is 35.0 Å². The van der Waals surface area contributed by atoms with Crippen molar-refractivity contribution >= 4 is 27.5 Å². The zero-order valence-electron chi connectivity index (χ0n) is 9.59. The zero-order chi connectivity index (χ0) is 12.5. The summed E-state index contributed by atoms with van der Waals surface area (Å²) >= 11 is 3.39. The fraction of sp³-hybridized carbons (Fsp3) is 0.182. The molecule has 0 fully saturated rings. The lowest BCUT2D eigenvalue weighted by Crippen LogP contribution is -2.01. The molecule has 0 atom stereocenters. The van der Waals surface area contributed by atoms with Gasteiger partial charge in [-0.25, -0.2) is 4.52 Å². The fourth-order valence-electron chi connectivity index (χ4n) is 1.60. The van der Waals surface area contributed by atoms with Gasteiger partial charge in [-0.2, -0.15) is 4.98 Å². The second-order valence-corrected chi connectivity index (χ2v) is 4.78. The lowest BCUT2D eigenvalue weighted by molar-refractivity contribution is 0.391. The number of hydrogen-bond acceptors (Lipinski definition) is 5. The van der Waals surface area contributed by atoms with E-state index in [9.17, 15) is 0 Å². The van der Waals surface area contributed by atoms with Crippen LogP contribution in [0.5, 0.6) is 0 Å². The summed E-state index contributed by atoms with van der Waals surface area (Å²) in [6.45, 7) is 2.40. The van der Waals surface area contributed by atoms with E-state index in [4.69, 9.17) is 4.52 Å². The maximum absolute atomic E-state index is 4.99. The van der Waals surface area contributed by atoms with Crippen LogP contribution in [0, 0.1) is 6.92 Å². The normalized spacial score (nSPS) is 11.0. The summed E-state index contributed by atoms with van der Waals surface area (Å²) in [6.07, 6.45) is 1.85. The van der Waals surface area contributed by atoms with Gasteiger partial charge in [-0.1, -0.05) is 5.16 Å². The standard InChI is InChI=1S/C11H10BrN5O/c1-7-4-9(16-18-7)5-13-11-14-10-3-2-8(12)6-17(10)15-11/h2-4,6H,5H2,1H3,(H,13,15). The minimum Gasteiger partial charge on any atom is -0.361 e. The van der Waals surface area contributed by atoms with Crippen LogP contribution in [0.3, 0.4) is 0 Å². The molecule has 0 spiro atoms. The third-order valence-electron chi connectivity index (χ3n) is 2.40. The summed E-state index contributed by atoms with van der Waals surface area (Å²) in [5.41, 5.74) is 1.62. The van der Waals surface area contributed by atoms with E-state index in [1.165, 1.54) is 0 Å². The van der Waals surface area contributed by atoms with Gasteiger partial charge in [-0.15, -0.1) is 5.10 Å².